The highest BCUT2D eigenvalue weighted by molar-refractivity contribution is 4.54. The molecule has 0 aliphatic carbocycles. The van der Waals surface area contributed by atoms with E-state index >= 15 is 0 Å². The van der Waals surface area contributed by atoms with E-state index in [-0.39, 0.29) is 17.0 Å². The highest BCUT2D eigenvalue weighted by Crippen LogP contribution is 2.20. The number of unbranched alkanes of at least 4 members (excludes halogenated alkanes) is 16. The van der Waals surface area contributed by atoms with Crippen molar-refractivity contribution in [3.63, 3.8) is 0 Å². The second-order valence-corrected chi connectivity index (χ2v) is 9.89. The van der Waals surface area contributed by atoms with Gasteiger partial charge < -0.3 is 21.5 Å². The van der Waals surface area contributed by atoms with Gasteiger partial charge in [-0.25, -0.2) is 0 Å². The van der Waals surface area contributed by atoms with E-state index in [0.717, 1.165) is 0 Å². The Balaban J connectivity index is 0. The molecule has 0 atom stereocenters. The lowest BCUT2D eigenvalue weighted by molar-refractivity contribution is -0.929. The van der Waals surface area contributed by atoms with Crippen LogP contribution in [0, 0.1) is 0 Å². The molecule has 0 N–H and O–H groups in total. The van der Waals surface area contributed by atoms with Crippen LogP contribution in [0.3, 0.4) is 0 Å². The van der Waals surface area contributed by atoms with Crippen LogP contribution in [0.5, 0.6) is 0 Å². The number of halogens is 1. The maximum Gasteiger partial charge on any atom is 0.0786 e. The Labute approximate surface area is 203 Å². The van der Waals surface area contributed by atoms with Gasteiger partial charge in [0.15, 0.2) is 0 Å². The summed E-state index contributed by atoms with van der Waals surface area (Å²) >= 11 is 0. The molecule has 0 saturated heterocycles. The number of hydrogen-bond acceptors (Lipinski definition) is 0. The Morgan fingerprint density at radius 3 is 0.767 bits per heavy atom. The highest BCUT2D eigenvalue weighted by Gasteiger charge is 2.25. The van der Waals surface area contributed by atoms with Crippen molar-refractivity contribution < 1.29 is 21.5 Å². The zero-order valence-electron chi connectivity index (χ0n) is 21.8. The van der Waals surface area contributed by atoms with Gasteiger partial charge in [0.05, 0.1) is 26.2 Å². The van der Waals surface area contributed by atoms with E-state index in [0.29, 0.717) is 0 Å². The van der Waals surface area contributed by atoms with Gasteiger partial charge in [0.2, 0.25) is 0 Å². The molecule has 0 aromatic rings. The van der Waals surface area contributed by atoms with Gasteiger partial charge in [-0.3, -0.25) is 0 Å². The van der Waals surface area contributed by atoms with Gasteiger partial charge in [0, 0.05) is 0 Å². The van der Waals surface area contributed by atoms with Gasteiger partial charge in [-0.05, 0) is 51.4 Å². The fourth-order valence-corrected chi connectivity index (χ4v) is 4.87. The molecule has 0 saturated carbocycles. The molecule has 0 radical (unpaired) electrons. The van der Waals surface area contributed by atoms with Crippen LogP contribution in [0.25, 0.3) is 0 Å². The van der Waals surface area contributed by atoms with Crippen LogP contribution in [0.4, 0.5) is 0 Å². The average molecular weight is 491 g/mol. The van der Waals surface area contributed by atoms with Crippen LogP contribution >= 0.6 is 0 Å². The molecule has 0 aromatic heterocycles. The molecule has 0 bridgehead atoms. The van der Waals surface area contributed by atoms with E-state index < -0.39 is 0 Å². The standard InChI is InChI=1S/C28H60N.BrH/c1-5-9-13-17-18-19-20-24-28-29(25-21-14-10-6-2,26-22-15-11-7-3)27-23-16-12-8-4;/h5-28H2,1-4H3;1H/q+1;/p-1. The molecule has 30 heavy (non-hydrogen) atoms. The third-order valence-corrected chi connectivity index (χ3v) is 6.94. The van der Waals surface area contributed by atoms with E-state index in [1.165, 1.54) is 159 Å². The number of quaternary nitrogens is 1. The number of nitrogens with zero attached hydrogens (tertiary/aromatic N) is 1. The topological polar surface area (TPSA) is 0 Å². The first kappa shape index (κ1) is 32.6. The normalized spacial score (nSPS) is 11.6. The lowest BCUT2D eigenvalue weighted by Crippen LogP contribution is -3.00. The minimum Gasteiger partial charge on any atom is -1.00 e. The minimum atomic E-state index is 0. The van der Waals surface area contributed by atoms with Crippen LogP contribution in [0.1, 0.15) is 156 Å². The van der Waals surface area contributed by atoms with Gasteiger partial charge >= 0.3 is 0 Å². The van der Waals surface area contributed by atoms with Gasteiger partial charge in [-0.1, -0.05) is 105 Å². The zero-order valence-corrected chi connectivity index (χ0v) is 23.4. The summed E-state index contributed by atoms with van der Waals surface area (Å²) in [4.78, 5) is 0. The molecular formula is C28H60BrN. The SMILES string of the molecule is CCCCCCCCCC[N+](CCCCCC)(CCCCCC)CCCCCC.[Br-]. The smallest absolute Gasteiger partial charge is 0.0786 e. The maximum absolute atomic E-state index is 2.35. The summed E-state index contributed by atoms with van der Waals surface area (Å²) in [7, 11) is 0. The lowest BCUT2D eigenvalue weighted by atomic mass is 10.1. The molecule has 0 fully saturated rings. The molecule has 184 valence electrons. The van der Waals surface area contributed by atoms with Crippen molar-refractivity contribution in [1.82, 2.24) is 0 Å². The molecule has 2 heteroatoms. The molecule has 0 rings (SSSR count). The Hall–Kier alpha value is 0.440. The minimum absolute atomic E-state index is 0. The predicted molar refractivity (Wildman–Crippen MR) is 135 cm³/mol. The Morgan fingerprint density at radius 1 is 0.300 bits per heavy atom. The van der Waals surface area contributed by atoms with Crippen LogP contribution < -0.4 is 17.0 Å². The Bertz CT molecular complexity index is 274. The Morgan fingerprint density at radius 2 is 0.500 bits per heavy atom. The summed E-state index contributed by atoms with van der Waals surface area (Å²) in [5, 5.41) is 0. The summed E-state index contributed by atoms with van der Waals surface area (Å²) < 4.78 is 1.47. The monoisotopic (exact) mass is 489 g/mol. The van der Waals surface area contributed by atoms with Crippen molar-refractivity contribution in [2.45, 2.75) is 156 Å². The molecule has 0 amide bonds. The molecule has 0 unspecified atom stereocenters. The van der Waals surface area contributed by atoms with Gasteiger partial charge in [-0.2, -0.15) is 0 Å². The van der Waals surface area contributed by atoms with E-state index in [1.807, 2.05) is 0 Å². The molecule has 0 heterocycles. The predicted octanol–water partition coefficient (Wildman–Crippen LogP) is 6.69. The third-order valence-electron chi connectivity index (χ3n) is 6.94. The van der Waals surface area contributed by atoms with E-state index in [1.54, 1.807) is 0 Å². The average Bonchev–Trinajstić information content (AvgIpc) is 2.73. The van der Waals surface area contributed by atoms with E-state index in [4.69, 9.17) is 0 Å². The number of rotatable bonds is 24. The second-order valence-electron chi connectivity index (χ2n) is 9.89. The summed E-state index contributed by atoms with van der Waals surface area (Å²) in [5.41, 5.74) is 0. The largest absolute Gasteiger partial charge is 1.00 e. The summed E-state index contributed by atoms with van der Waals surface area (Å²) in [6.07, 6.45) is 28.8. The van der Waals surface area contributed by atoms with Crippen molar-refractivity contribution >= 4 is 0 Å². The van der Waals surface area contributed by atoms with E-state index in [2.05, 4.69) is 27.7 Å². The summed E-state index contributed by atoms with van der Waals surface area (Å²) in [5.74, 6) is 0. The van der Waals surface area contributed by atoms with Crippen LogP contribution in [0.15, 0.2) is 0 Å². The first-order chi connectivity index (χ1) is 14.2. The van der Waals surface area contributed by atoms with E-state index in [9.17, 15) is 0 Å². The second kappa shape index (κ2) is 25.7. The molecular weight excluding hydrogens is 430 g/mol. The van der Waals surface area contributed by atoms with Crippen LogP contribution in [-0.2, 0) is 0 Å². The highest BCUT2D eigenvalue weighted by atomic mass is 79.9. The van der Waals surface area contributed by atoms with Crippen molar-refractivity contribution in [3.8, 4) is 0 Å². The fourth-order valence-electron chi connectivity index (χ4n) is 4.87. The number of hydrogen-bond donors (Lipinski definition) is 0. The molecule has 0 aromatic carbocycles. The lowest BCUT2D eigenvalue weighted by Gasteiger charge is -2.39. The molecule has 0 aliphatic heterocycles. The first-order valence-corrected chi connectivity index (χ1v) is 14.1. The van der Waals surface area contributed by atoms with Crippen molar-refractivity contribution in [2.24, 2.45) is 0 Å². The van der Waals surface area contributed by atoms with Crippen molar-refractivity contribution in [2.75, 3.05) is 26.2 Å². The third kappa shape index (κ3) is 20.3. The van der Waals surface area contributed by atoms with Crippen LogP contribution in [-0.4, -0.2) is 30.7 Å². The molecule has 0 aliphatic rings. The fraction of sp³-hybridized carbons (Fsp3) is 1.00. The van der Waals surface area contributed by atoms with Gasteiger partial charge in [-0.15, -0.1) is 0 Å². The zero-order chi connectivity index (χ0) is 21.5. The molecule has 0 spiro atoms. The van der Waals surface area contributed by atoms with Gasteiger partial charge in [0.25, 0.3) is 0 Å². The summed E-state index contributed by atoms with van der Waals surface area (Å²) in [6, 6.07) is 0. The van der Waals surface area contributed by atoms with Gasteiger partial charge in [0.1, 0.15) is 0 Å². The summed E-state index contributed by atoms with van der Waals surface area (Å²) in [6.45, 7) is 15.2. The Kier molecular flexibility index (Phi) is 27.9. The van der Waals surface area contributed by atoms with Crippen LogP contribution in [0.2, 0.25) is 0 Å². The van der Waals surface area contributed by atoms with Crippen molar-refractivity contribution in [1.29, 1.82) is 0 Å². The maximum atomic E-state index is 2.35. The quantitative estimate of drug-likeness (QED) is 0.104. The molecule has 1 nitrogen and oxygen atoms in total. The van der Waals surface area contributed by atoms with Crippen molar-refractivity contribution in [3.05, 3.63) is 0 Å². The first-order valence-electron chi connectivity index (χ1n) is 14.1.